The predicted molar refractivity (Wildman–Crippen MR) is 61.5 cm³/mol. The van der Waals surface area contributed by atoms with Crippen molar-refractivity contribution in [3.63, 3.8) is 0 Å². The molecule has 0 aliphatic carbocycles. The number of hydrogen-bond acceptors (Lipinski definition) is 4. The monoisotopic (exact) mass is 230 g/mol. The second-order valence-corrected chi connectivity index (χ2v) is 4.25. The molecule has 1 saturated heterocycles. The lowest BCUT2D eigenvalue weighted by Crippen LogP contribution is -2.38. The van der Waals surface area contributed by atoms with Gasteiger partial charge < -0.3 is 15.2 Å². The van der Waals surface area contributed by atoms with E-state index in [-0.39, 0.29) is 5.92 Å². The number of nitrogens with zero attached hydrogens (tertiary/aromatic N) is 1. The molecule has 1 atom stereocenters. The van der Waals surface area contributed by atoms with Crippen LogP contribution in [0.25, 0.3) is 0 Å². The molecular weight excluding hydrogens is 208 g/mol. The molecule has 0 saturated carbocycles. The van der Waals surface area contributed by atoms with Crippen LogP contribution < -0.4 is 5.32 Å². The zero-order valence-corrected chi connectivity index (χ0v) is 9.95. The molecule has 0 aromatic carbocycles. The van der Waals surface area contributed by atoms with E-state index in [0.717, 1.165) is 45.8 Å². The number of hydrogen-bond donors (Lipinski definition) is 2. The van der Waals surface area contributed by atoms with E-state index in [1.54, 1.807) is 6.92 Å². The van der Waals surface area contributed by atoms with Crippen LogP contribution in [0.2, 0.25) is 0 Å². The first-order valence-corrected chi connectivity index (χ1v) is 5.94. The van der Waals surface area contributed by atoms with Crippen molar-refractivity contribution in [3.05, 3.63) is 0 Å². The number of nitrogens with one attached hydrogen (secondary N) is 1. The van der Waals surface area contributed by atoms with Gasteiger partial charge in [0.05, 0.1) is 19.1 Å². The number of carboxylic acids is 1. The van der Waals surface area contributed by atoms with Gasteiger partial charge in [-0.3, -0.25) is 9.69 Å². The molecule has 1 heterocycles. The number of rotatable bonds is 7. The Labute approximate surface area is 96.8 Å². The molecule has 94 valence electrons. The number of carbonyl (C=O) groups is 1. The first-order chi connectivity index (χ1) is 7.70. The number of aliphatic carboxylic acids is 1. The van der Waals surface area contributed by atoms with E-state index < -0.39 is 5.97 Å². The highest BCUT2D eigenvalue weighted by atomic mass is 16.5. The molecule has 5 nitrogen and oxygen atoms in total. The van der Waals surface area contributed by atoms with Crippen LogP contribution in [0, 0.1) is 5.92 Å². The molecule has 1 rings (SSSR count). The van der Waals surface area contributed by atoms with Gasteiger partial charge in [0.25, 0.3) is 0 Å². The normalized spacial score (nSPS) is 19.6. The van der Waals surface area contributed by atoms with Crippen molar-refractivity contribution in [3.8, 4) is 0 Å². The van der Waals surface area contributed by atoms with E-state index in [4.69, 9.17) is 9.84 Å². The largest absolute Gasteiger partial charge is 0.481 e. The number of morpholine rings is 1. The van der Waals surface area contributed by atoms with Crippen LogP contribution >= 0.6 is 0 Å². The summed E-state index contributed by atoms with van der Waals surface area (Å²) in [5.41, 5.74) is 0. The highest BCUT2D eigenvalue weighted by molar-refractivity contribution is 5.69. The van der Waals surface area contributed by atoms with Gasteiger partial charge in [-0.05, 0) is 19.5 Å². The lowest BCUT2D eigenvalue weighted by Gasteiger charge is -2.26. The molecule has 0 radical (unpaired) electrons. The van der Waals surface area contributed by atoms with Crippen LogP contribution in [0.1, 0.15) is 13.3 Å². The summed E-state index contributed by atoms with van der Waals surface area (Å²) in [6.45, 7) is 7.94. The Balaban J connectivity index is 1.93. The zero-order valence-electron chi connectivity index (χ0n) is 9.95. The highest BCUT2D eigenvalue weighted by Gasteiger charge is 2.11. The van der Waals surface area contributed by atoms with Crippen LogP contribution in [0.15, 0.2) is 0 Å². The summed E-state index contributed by atoms with van der Waals surface area (Å²) in [4.78, 5) is 12.9. The van der Waals surface area contributed by atoms with Crippen molar-refractivity contribution in [2.45, 2.75) is 13.3 Å². The summed E-state index contributed by atoms with van der Waals surface area (Å²) in [7, 11) is 0. The molecule has 1 unspecified atom stereocenters. The van der Waals surface area contributed by atoms with Crippen molar-refractivity contribution in [2.24, 2.45) is 5.92 Å². The summed E-state index contributed by atoms with van der Waals surface area (Å²) in [5.74, 6) is -1.04. The fourth-order valence-electron chi connectivity index (χ4n) is 1.66. The van der Waals surface area contributed by atoms with Gasteiger partial charge in [-0.15, -0.1) is 0 Å². The molecule has 0 aromatic rings. The Morgan fingerprint density at radius 3 is 2.81 bits per heavy atom. The van der Waals surface area contributed by atoms with Gasteiger partial charge in [-0.2, -0.15) is 0 Å². The maximum absolute atomic E-state index is 10.5. The van der Waals surface area contributed by atoms with E-state index in [9.17, 15) is 4.79 Å². The van der Waals surface area contributed by atoms with Crippen molar-refractivity contribution in [1.82, 2.24) is 10.2 Å². The van der Waals surface area contributed by atoms with Gasteiger partial charge in [-0.25, -0.2) is 0 Å². The third-order valence-electron chi connectivity index (χ3n) is 2.80. The smallest absolute Gasteiger partial charge is 0.307 e. The van der Waals surface area contributed by atoms with Crippen LogP contribution in [0.4, 0.5) is 0 Å². The molecule has 1 aliphatic heterocycles. The topological polar surface area (TPSA) is 61.8 Å². The quantitative estimate of drug-likeness (QED) is 0.604. The van der Waals surface area contributed by atoms with Crippen molar-refractivity contribution < 1.29 is 14.6 Å². The lowest BCUT2D eigenvalue weighted by molar-refractivity contribution is -0.140. The van der Waals surface area contributed by atoms with Crippen LogP contribution in [0.3, 0.4) is 0 Å². The third kappa shape index (κ3) is 5.44. The molecular formula is C11H22N2O3. The Morgan fingerprint density at radius 2 is 2.19 bits per heavy atom. The number of carboxylic acid groups (broad SMARTS) is 1. The van der Waals surface area contributed by atoms with E-state index in [2.05, 4.69) is 10.2 Å². The zero-order chi connectivity index (χ0) is 11.8. The standard InChI is InChI=1S/C11H22N2O3/c1-10(11(14)15)9-12-3-2-4-13-5-7-16-8-6-13/h10,12H,2-9H2,1H3,(H,14,15). The Morgan fingerprint density at radius 1 is 1.50 bits per heavy atom. The average Bonchev–Trinajstić information content (AvgIpc) is 2.29. The SMILES string of the molecule is CC(CNCCCN1CCOCC1)C(=O)O. The molecule has 0 bridgehead atoms. The average molecular weight is 230 g/mol. The predicted octanol–water partition coefficient (Wildman–Crippen LogP) is 0.0190. The maximum atomic E-state index is 10.5. The first kappa shape index (κ1) is 13.4. The van der Waals surface area contributed by atoms with E-state index in [1.807, 2.05) is 0 Å². The van der Waals surface area contributed by atoms with Gasteiger partial charge in [-0.1, -0.05) is 6.92 Å². The van der Waals surface area contributed by atoms with Gasteiger partial charge in [0.1, 0.15) is 0 Å². The summed E-state index contributed by atoms with van der Waals surface area (Å²) in [6.07, 6.45) is 1.06. The third-order valence-corrected chi connectivity index (χ3v) is 2.80. The van der Waals surface area contributed by atoms with E-state index in [0.29, 0.717) is 6.54 Å². The minimum absolute atomic E-state index is 0.302. The molecule has 0 amide bonds. The van der Waals surface area contributed by atoms with Gasteiger partial charge in [0.2, 0.25) is 0 Å². The summed E-state index contributed by atoms with van der Waals surface area (Å²) in [6, 6.07) is 0. The van der Waals surface area contributed by atoms with Gasteiger partial charge in [0.15, 0.2) is 0 Å². The molecule has 0 spiro atoms. The first-order valence-electron chi connectivity index (χ1n) is 5.94. The molecule has 2 N–H and O–H groups in total. The Kier molecular flexibility index (Phi) is 6.37. The van der Waals surface area contributed by atoms with Crippen molar-refractivity contribution in [1.29, 1.82) is 0 Å². The van der Waals surface area contributed by atoms with Crippen molar-refractivity contribution >= 4 is 5.97 Å². The Hall–Kier alpha value is -0.650. The van der Waals surface area contributed by atoms with Crippen LogP contribution in [0.5, 0.6) is 0 Å². The summed E-state index contributed by atoms with van der Waals surface area (Å²) in [5, 5.41) is 11.8. The minimum atomic E-state index is -0.735. The molecule has 16 heavy (non-hydrogen) atoms. The van der Waals surface area contributed by atoms with Gasteiger partial charge >= 0.3 is 5.97 Å². The maximum Gasteiger partial charge on any atom is 0.307 e. The Bertz CT molecular complexity index is 205. The molecule has 1 aliphatic rings. The fourth-order valence-corrected chi connectivity index (χ4v) is 1.66. The summed E-state index contributed by atoms with van der Waals surface area (Å²) < 4.78 is 5.26. The second kappa shape index (κ2) is 7.60. The number of ether oxygens (including phenoxy) is 1. The van der Waals surface area contributed by atoms with Crippen LogP contribution in [-0.4, -0.2) is 61.9 Å². The lowest BCUT2D eigenvalue weighted by atomic mass is 10.2. The molecule has 1 fully saturated rings. The minimum Gasteiger partial charge on any atom is -0.481 e. The van der Waals surface area contributed by atoms with Crippen molar-refractivity contribution in [2.75, 3.05) is 45.9 Å². The van der Waals surface area contributed by atoms with E-state index in [1.165, 1.54) is 0 Å². The second-order valence-electron chi connectivity index (χ2n) is 4.25. The van der Waals surface area contributed by atoms with Crippen LogP contribution in [-0.2, 0) is 9.53 Å². The molecule has 5 heteroatoms. The summed E-state index contributed by atoms with van der Waals surface area (Å²) >= 11 is 0. The molecule has 0 aromatic heterocycles. The van der Waals surface area contributed by atoms with Gasteiger partial charge in [0, 0.05) is 19.6 Å². The fraction of sp³-hybridized carbons (Fsp3) is 0.909. The van der Waals surface area contributed by atoms with E-state index >= 15 is 0 Å². The highest BCUT2D eigenvalue weighted by Crippen LogP contribution is 1.97.